The molecule has 6 heteroatoms. The first-order chi connectivity index (χ1) is 11.7. The highest BCUT2D eigenvalue weighted by molar-refractivity contribution is 5.78. The van der Waals surface area contributed by atoms with Gasteiger partial charge >= 0.3 is 0 Å². The van der Waals surface area contributed by atoms with E-state index in [0.717, 1.165) is 51.1 Å². The number of carbonyl (C=O) groups is 1. The van der Waals surface area contributed by atoms with Crippen LogP contribution in [0.2, 0.25) is 0 Å². The van der Waals surface area contributed by atoms with Crippen LogP contribution < -0.4 is 5.56 Å². The zero-order valence-corrected chi connectivity index (χ0v) is 14.2. The molecule has 1 atom stereocenters. The molecule has 0 aromatic carbocycles. The Labute approximate surface area is 142 Å². The molecule has 24 heavy (non-hydrogen) atoms. The summed E-state index contributed by atoms with van der Waals surface area (Å²) in [6.45, 7) is 4.37. The van der Waals surface area contributed by atoms with Crippen molar-refractivity contribution < 1.29 is 4.79 Å². The predicted molar refractivity (Wildman–Crippen MR) is 90.9 cm³/mol. The van der Waals surface area contributed by atoms with Gasteiger partial charge in [-0.3, -0.25) is 14.5 Å². The van der Waals surface area contributed by atoms with Crippen molar-refractivity contribution in [2.75, 3.05) is 26.2 Å². The third-order valence-corrected chi connectivity index (χ3v) is 5.59. The van der Waals surface area contributed by atoms with Gasteiger partial charge in [0.15, 0.2) is 0 Å². The zero-order valence-electron chi connectivity index (χ0n) is 14.2. The van der Waals surface area contributed by atoms with Crippen LogP contribution in [0.5, 0.6) is 0 Å². The molecule has 4 rings (SSSR count). The van der Waals surface area contributed by atoms with E-state index in [4.69, 9.17) is 0 Å². The average molecular weight is 330 g/mol. The standard InChI is InChI=1S/C18H26N4O2/c23-17-4-2-10-21(17)12-11-20-9-1-3-15(20)13-22-18(24)8-7-16(19-22)14-5-6-14/h7-8,14-15H,1-6,9-13H2. The van der Waals surface area contributed by atoms with Gasteiger partial charge < -0.3 is 4.90 Å². The van der Waals surface area contributed by atoms with Crippen molar-refractivity contribution in [3.63, 3.8) is 0 Å². The lowest BCUT2D eigenvalue weighted by Gasteiger charge is -2.27. The van der Waals surface area contributed by atoms with Crippen molar-refractivity contribution in [2.45, 2.75) is 57.0 Å². The van der Waals surface area contributed by atoms with Crippen molar-refractivity contribution in [3.05, 3.63) is 28.2 Å². The summed E-state index contributed by atoms with van der Waals surface area (Å²) < 4.78 is 1.66. The first-order valence-corrected chi connectivity index (χ1v) is 9.30. The molecule has 1 aromatic heterocycles. The monoisotopic (exact) mass is 330 g/mol. The topological polar surface area (TPSA) is 58.4 Å². The summed E-state index contributed by atoms with van der Waals surface area (Å²) in [5.74, 6) is 0.860. The number of aromatic nitrogens is 2. The Morgan fingerprint density at radius 1 is 1.04 bits per heavy atom. The second kappa shape index (κ2) is 6.67. The zero-order chi connectivity index (χ0) is 16.5. The van der Waals surface area contributed by atoms with Gasteiger partial charge in [0.25, 0.3) is 5.56 Å². The van der Waals surface area contributed by atoms with Crippen molar-refractivity contribution in [3.8, 4) is 0 Å². The lowest BCUT2D eigenvalue weighted by Crippen LogP contribution is -2.41. The van der Waals surface area contributed by atoms with E-state index >= 15 is 0 Å². The highest BCUT2D eigenvalue weighted by atomic mass is 16.2. The summed E-state index contributed by atoms with van der Waals surface area (Å²) in [6, 6.07) is 3.92. The Kier molecular flexibility index (Phi) is 4.39. The Morgan fingerprint density at radius 3 is 2.67 bits per heavy atom. The maximum absolute atomic E-state index is 12.1. The minimum absolute atomic E-state index is 0.000899. The molecule has 1 saturated carbocycles. The van der Waals surface area contributed by atoms with Crippen LogP contribution in [0.4, 0.5) is 0 Å². The highest BCUT2D eigenvalue weighted by Gasteiger charge is 2.29. The highest BCUT2D eigenvalue weighted by Crippen LogP contribution is 2.38. The van der Waals surface area contributed by atoms with Gasteiger partial charge in [-0.05, 0) is 44.7 Å². The van der Waals surface area contributed by atoms with Gasteiger partial charge in [0, 0.05) is 44.1 Å². The summed E-state index contributed by atoms with van der Waals surface area (Å²) in [4.78, 5) is 28.3. The van der Waals surface area contributed by atoms with Crippen LogP contribution in [0.3, 0.4) is 0 Å². The van der Waals surface area contributed by atoms with Crippen LogP contribution in [0.25, 0.3) is 0 Å². The van der Waals surface area contributed by atoms with E-state index in [-0.39, 0.29) is 5.56 Å². The van der Waals surface area contributed by atoms with Crippen LogP contribution in [0, 0.1) is 0 Å². The normalized spacial score (nSPS) is 24.9. The lowest BCUT2D eigenvalue weighted by atomic mass is 10.2. The molecule has 1 amide bonds. The quantitative estimate of drug-likeness (QED) is 0.787. The van der Waals surface area contributed by atoms with Gasteiger partial charge in [0.1, 0.15) is 0 Å². The number of nitrogens with zero attached hydrogens (tertiary/aromatic N) is 4. The van der Waals surface area contributed by atoms with Crippen LogP contribution in [0.1, 0.15) is 50.1 Å². The van der Waals surface area contributed by atoms with Gasteiger partial charge in [-0.15, -0.1) is 0 Å². The fourth-order valence-electron chi connectivity index (χ4n) is 3.98. The molecular formula is C18H26N4O2. The first kappa shape index (κ1) is 15.8. The molecule has 2 aliphatic heterocycles. The Hall–Kier alpha value is -1.69. The van der Waals surface area contributed by atoms with Gasteiger partial charge in [0.05, 0.1) is 12.2 Å². The Balaban J connectivity index is 1.39. The number of hydrogen-bond donors (Lipinski definition) is 0. The Morgan fingerprint density at radius 2 is 1.92 bits per heavy atom. The van der Waals surface area contributed by atoms with Crippen LogP contribution in [-0.4, -0.2) is 57.7 Å². The van der Waals surface area contributed by atoms with Crippen molar-refractivity contribution in [1.29, 1.82) is 0 Å². The molecule has 1 unspecified atom stereocenters. The molecule has 1 aliphatic carbocycles. The van der Waals surface area contributed by atoms with E-state index in [1.165, 1.54) is 12.8 Å². The smallest absolute Gasteiger partial charge is 0.266 e. The van der Waals surface area contributed by atoms with Gasteiger partial charge in [-0.2, -0.15) is 5.10 Å². The number of likely N-dealkylation sites (tertiary alicyclic amines) is 2. The van der Waals surface area contributed by atoms with Crippen molar-refractivity contribution >= 4 is 5.91 Å². The fraction of sp³-hybridized carbons (Fsp3) is 0.722. The molecule has 130 valence electrons. The average Bonchev–Trinajstić information content (AvgIpc) is 3.21. The van der Waals surface area contributed by atoms with E-state index in [1.54, 1.807) is 10.7 Å². The molecule has 3 aliphatic rings. The molecule has 0 bridgehead atoms. The van der Waals surface area contributed by atoms with Crippen LogP contribution >= 0.6 is 0 Å². The lowest BCUT2D eigenvalue weighted by molar-refractivity contribution is -0.127. The second-order valence-electron chi connectivity index (χ2n) is 7.37. The maximum atomic E-state index is 12.1. The predicted octanol–water partition coefficient (Wildman–Crippen LogP) is 1.21. The summed E-state index contributed by atoms with van der Waals surface area (Å²) >= 11 is 0. The molecule has 0 spiro atoms. The van der Waals surface area contributed by atoms with Crippen LogP contribution in [0.15, 0.2) is 16.9 Å². The van der Waals surface area contributed by atoms with E-state index in [9.17, 15) is 9.59 Å². The Bertz CT molecular complexity index is 667. The number of carbonyl (C=O) groups excluding carboxylic acids is 1. The van der Waals surface area contributed by atoms with E-state index in [0.29, 0.717) is 30.8 Å². The summed E-state index contributed by atoms with van der Waals surface area (Å²) in [5.41, 5.74) is 1.07. The maximum Gasteiger partial charge on any atom is 0.266 e. The second-order valence-corrected chi connectivity index (χ2v) is 7.37. The molecule has 2 saturated heterocycles. The minimum Gasteiger partial charge on any atom is -0.341 e. The third kappa shape index (κ3) is 3.38. The van der Waals surface area contributed by atoms with E-state index in [1.807, 2.05) is 11.0 Å². The summed E-state index contributed by atoms with van der Waals surface area (Å²) in [5, 5.41) is 4.59. The van der Waals surface area contributed by atoms with Crippen LogP contribution in [-0.2, 0) is 11.3 Å². The molecule has 0 N–H and O–H groups in total. The SMILES string of the molecule is O=C1CCCN1CCN1CCCC1Cn1nc(C2CC2)ccc1=O. The van der Waals surface area contributed by atoms with Gasteiger partial charge in [0.2, 0.25) is 5.91 Å². The molecular weight excluding hydrogens is 304 g/mol. The molecule has 3 fully saturated rings. The molecule has 1 aromatic rings. The third-order valence-electron chi connectivity index (χ3n) is 5.59. The van der Waals surface area contributed by atoms with Crippen molar-refractivity contribution in [2.24, 2.45) is 0 Å². The largest absolute Gasteiger partial charge is 0.341 e. The first-order valence-electron chi connectivity index (χ1n) is 9.30. The molecule has 3 heterocycles. The molecule has 0 radical (unpaired) electrons. The fourth-order valence-corrected chi connectivity index (χ4v) is 3.98. The molecule has 6 nitrogen and oxygen atoms in total. The number of hydrogen-bond acceptors (Lipinski definition) is 4. The van der Waals surface area contributed by atoms with E-state index < -0.39 is 0 Å². The van der Waals surface area contributed by atoms with Crippen molar-refractivity contribution in [1.82, 2.24) is 19.6 Å². The number of rotatable bonds is 6. The summed E-state index contributed by atoms with van der Waals surface area (Å²) in [6.07, 6.45) is 6.37. The van der Waals surface area contributed by atoms with Gasteiger partial charge in [-0.1, -0.05) is 0 Å². The number of amides is 1. The summed E-state index contributed by atoms with van der Waals surface area (Å²) in [7, 11) is 0. The van der Waals surface area contributed by atoms with E-state index in [2.05, 4.69) is 10.00 Å². The van der Waals surface area contributed by atoms with Gasteiger partial charge in [-0.25, -0.2) is 4.68 Å². The minimum atomic E-state index is 0.000899.